The molecule has 0 spiro atoms. The zero-order valence-electron chi connectivity index (χ0n) is 10.4. The molecule has 1 aliphatic heterocycles. The van der Waals surface area contributed by atoms with Crippen molar-refractivity contribution in [3.8, 4) is 0 Å². The third-order valence-electron chi connectivity index (χ3n) is 2.63. The summed E-state index contributed by atoms with van der Waals surface area (Å²) < 4.78 is 4.89. The SMILES string of the molecule is CCC(OC(=O)[C@@H]1CCCN1OC(C)=O)C(=O)O. The molecule has 0 bridgehead atoms. The molecule has 0 amide bonds. The Kier molecular flexibility index (Phi) is 5.08. The Hall–Kier alpha value is -1.63. The maximum absolute atomic E-state index is 11.8. The van der Waals surface area contributed by atoms with Gasteiger partial charge in [-0.15, -0.1) is 5.06 Å². The lowest BCUT2D eigenvalue weighted by Crippen LogP contribution is -2.41. The lowest BCUT2D eigenvalue weighted by Gasteiger charge is -2.22. The fourth-order valence-electron chi connectivity index (χ4n) is 1.78. The van der Waals surface area contributed by atoms with Gasteiger partial charge in [-0.25, -0.2) is 4.79 Å². The number of carbonyl (C=O) groups excluding carboxylic acids is 2. The highest BCUT2D eigenvalue weighted by molar-refractivity contribution is 5.81. The summed E-state index contributed by atoms with van der Waals surface area (Å²) in [5, 5.41) is 10.0. The van der Waals surface area contributed by atoms with Crippen LogP contribution in [0.3, 0.4) is 0 Å². The molecule has 0 aromatic carbocycles. The first kappa shape index (κ1) is 14.4. The van der Waals surface area contributed by atoms with Crippen LogP contribution in [0.25, 0.3) is 0 Å². The average molecular weight is 259 g/mol. The lowest BCUT2D eigenvalue weighted by molar-refractivity contribution is -0.201. The highest BCUT2D eigenvalue weighted by atomic mass is 16.7. The third kappa shape index (κ3) is 3.69. The van der Waals surface area contributed by atoms with Crippen molar-refractivity contribution >= 4 is 17.9 Å². The number of hydrogen-bond donors (Lipinski definition) is 1. The van der Waals surface area contributed by atoms with E-state index in [1.54, 1.807) is 6.92 Å². The standard InChI is InChI=1S/C11H17NO6/c1-3-9(10(14)15)17-11(16)8-5-4-6-12(8)18-7(2)13/h8-9H,3-6H2,1-2H3,(H,14,15)/t8-,9?/m0/s1. The van der Waals surface area contributed by atoms with E-state index in [9.17, 15) is 14.4 Å². The van der Waals surface area contributed by atoms with Crippen LogP contribution in [0.5, 0.6) is 0 Å². The largest absolute Gasteiger partial charge is 0.479 e. The molecule has 1 heterocycles. The van der Waals surface area contributed by atoms with Crippen molar-refractivity contribution in [2.24, 2.45) is 0 Å². The summed E-state index contributed by atoms with van der Waals surface area (Å²) in [5.41, 5.74) is 0. The fraction of sp³-hybridized carbons (Fsp3) is 0.727. The van der Waals surface area contributed by atoms with E-state index in [0.717, 1.165) is 0 Å². The monoisotopic (exact) mass is 259 g/mol. The van der Waals surface area contributed by atoms with Crippen molar-refractivity contribution in [1.29, 1.82) is 0 Å². The van der Waals surface area contributed by atoms with Crippen LogP contribution in [-0.4, -0.2) is 46.8 Å². The number of nitrogens with zero attached hydrogens (tertiary/aromatic N) is 1. The fourth-order valence-corrected chi connectivity index (χ4v) is 1.78. The summed E-state index contributed by atoms with van der Waals surface area (Å²) in [4.78, 5) is 38.3. The van der Waals surface area contributed by atoms with Crippen LogP contribution in [-0.2, 0) is 24.0 Å². The lowest BCUT2D eigenvalue weighted by atomic mass is 10.2. The average Bonchev–Trinajstić information content (AvgIpc) is 2.72. The van der Waals surface area contributed by atoms with Gasteiger partial charge < -0.3 is 14.7 Å². The number of esters is 1. The molecule has 0 aromatic rings. The van der Waals surface area contributed by atoms with E-state index < -0.39 is 30.1 Å². The second kappa shape index (κ2) is 6.34. The smallest absolute Gasteiger partial charge is 0.345 e. The van der Waals surface area contributed by atoms with E-state index >= 15 is 0 Å². The van der Waals surface area contributed by atoms with E-state index in [-0.39, 0.29) is 6.42 Å². The van der Waals surface area contributed by atoms with Crippen molar-refractivity contribution in [1.82, 2.24) is 5.06 Å². The summed E-state index contributed by atoms with van der Waals surface area (Å²) in [6.07, 6.45) is 0.220. The van der Waals surface area contributed by atoms with Crippen LogP contribution >= 0.6 is 0 Å². The number of carboxylic acid groups (broad SMARTS) is 1. The molecule has 7 nitrogen and oxygen atoms in total. The Bertz CT molecular complexity index is 342. The molecule has 7 heteroatoms. The molecular formula is C11H17NO6. The zero-order chi connectivity index (χ0) is 13.7. The van der Waals surface area contributed by atoms with Crippen molar-refractivity contribution in [3.05, 3.63) is 0 Å². The Morgan fingerprint density at radius 1 is 1.44 bits per heavy atom. The van der Waals surface area contributed by atoms with Crippen LogP contribution in [0, 0.1) is 0 Å². The van der Waals surface area contributed by atoms with Crippen LogP contribution in [0.1, 0.15) is 33.1 Å². The topological polar surface area (TPSA) is 93.1 Å². The van der Waals surface area contributed by atoms with Crippen molar-refractivity contribution in [2.45, 2.75) is 45.3 Å². The van der Waals surface area contributed by atoms with E-state index in [0.29, 0.717) is 19.4 Å². The van der Waals surface area contributed by atoms with Gasteiger partial charge in [0.1, 0.15) is 6.04 Å². The molecule has 0 radical (unpaired) electrons. The molecule has 0 aromatic heterocycles. The number of ether oxygens (including phenoxy) is 1. The summed E-state index contributed by atoms with van der Waals surface area (Å²) >= 11 is 0. The third-order valence-corrected chi connectivity index (χ3v) is 2.63. The number of carbonyl (C=O) groups is 3. The molecule has 18 heavy (non-hydrogen) atoms. The number of rotatable bonds is 5. The predicted octanol–water partition coefficient (Wildman–Crippen LogP) is 0.335. The molecule has 1 saturated heterocycles. The van der Waals surface area contributed by atoms with Crippen molar-refractivity contribution in [3.63, 3.8) is 0 Å². The Labute approximate surface area is 105 Å². The highest BCUT2D eigenvalue weighted by Gasteiger charge is 2.36. The van der Waals surface area contributed by atoms with Gasteiger partial charge in [-0.3, -0.25) is 9.59 Å². The summed E-state index contributed by atoms with van der Waals surface area (Å²) in [6, 6.07) is -0.706. The Morgan fingerprint density at radius 2 is 2.11 bits per heavy atom. The van der Waals surface area contributed by atoms with Gasteiger partial charge in [0.15, 0.2) is 6.10 Å². The Balaban J connectivity index is 2.59. The van der Waals surface area contributed by atoms with Gasteiger partial charge in [0.25, 0.3) is 0 Å². The number of hydrogen-bond acceptors (Lipinski definition) is 6. The van der Waals surface area contributed by atoms with Crippen LogP contribution in [0.2, 0.25) is 0 Å². The van der Waals surface area contributed by atoms with E-state index in [2.05, 4.69) is 0 Å². The van der Waals surface area contributed by atoms with Gasteiger partial charge in [-0.1, -0.05) is 6.92 Å². The first-order valence-electron chi connectivity index (χ1n) is 5.84. The quantitative estimate of drug-likeness (QED) is 0.711. The summed E-state index contributed by atoms with van der Waals surface area (Å²) in [5.74, 6) is -2.36. The maximum Gasteiger partial charge on any atom is 0.345 e. The van der Waals surface area contributed by atoms with Crippen LogP contribution in [0.4, 0.5) is 0 Å². The van der Waals surface area contributed by atoms with E-state index in [1.165, 1.54) is 12.0 Å². The van der Waals surface area contributed by atoms with Crippen LogP contribution < -0.4 is 0 Å². The zero-order valence-corrected chi connectivity index (χ0v) is 10.4. The minimum atomic E-state index is -1.18. The molecule has 0 aliphatic carbocycles. The minimum Gasteiger partial charge on any atom is -0.479 e. The summed E-state index contributed by atoms with van der Waals surface area (Å²) in [6.45, 7) is 3.31. The molecule has 1 fully saturated rings. The first-order valence-corrected chi connectivity index (χ1v) is 5.84. The number of hydroxylamine groups is 2. The normalized spacial score (nSPS) is 21.3. The number of aliphatic carboxylic acids is 1. The predicted molar refractivity (Wildman–Crippen MR) is 59.3 cm³/mol. The molecule has 2 atom stereocenters. The second-order valence-electron chi connectivity index (χ2n) is 4.05. The van der Waals surface area contributed by atoms with Gasteiger partial charge >= 0.3 is 17.9 Å². The van der Waals surface area contributed by atoms with Gasteiger partial charge in [-0.05, 0) is 19.3 Å². The molecule has 102 valence electrons. The second-order valence-corrected chi connectivity index (χ2v) is 4.05. The van der Waals surface area contributed by atoms with Gasteiger partial charge in [0, 0.05) is 13.5 Å². The molecule has 1 unspecified atom stereocenters. The maximum atomic E-state index is 11.8. The van der Waals surface area contributed by atoms with Gasteiger partial charge in [-0.2, -0.15) is 0 Å². The molecule has 1 N–H and O–H groups in total. The van der Waals surface area contributed by atoms with Crippen molar-refractivity contribution in [2.75, 3.05) is 6.54 Å². The van der Waals surface area contributed by atoms with E-state index in [1.807, 2.05) is 0 Å². The first-order chi connectivity index (χ1) is 8.45. The molecular weight excluding hydrogens is 242 g/mol. The van der Waals surface area contributed by atoms with Crippen molar-refractivity contribution < 1.29 is 29.1 Å². The minimum absolute atomic E-state index is 0.196. The van der Waals surface area contributed by atoms with Crippen LogP contribution in [0.15, 0.2) is 0 Å². The van der Waals surface area contributed by atoms with Gasteiger partial charge in [0.2, 0.25) is 0 Å². The van der Waals surface area contributed by atoms with E-state index in [4.69, 9.17) is 14.7 Å². The number of carboxylic acids is 1. The molecule has 0 saturated carbocycles. The Morgan fingerprint density at radius 3 is 2.61 bits per heavy atom. The highest BCUT2D eigenvalue weighted by Crippen LogP contribution is 2.19. The molecule has 1 aliphatic rings. The molecule has 1 rings (SSSR count). The van der Waals surface area contributed by atoms with Gasteiger partial charge in [0.05, 0.1) is 0 Å². The summed E-state index contributed by atoms with van der Waals surface area (Å²) in [7, 11) is 0.